The van der Waals surface area contributed by atoms with E-state index in [-0.39, 0.29) is 17.1 Å². The van der Waals surface area contributed by atoms with E-state index in [0.29, 0.717) is 5.56 Å². The topological polar surface area (TPSA) is 49.3 Å². The SMILES string of the molecule is Cc1ccc(C(=O)NCC2(C)CCCC2)cc1O. The minimum atomic E-state index is -0.0987. The van der Waals surface area contributed by atoms with Gasteiger partial charge in [-0.15, -0.1) is 0 Å². The molecule has 1 aromatic rings. The normalized spacial score (nSPS) is 17.7. The summed E-state index contributed by atoms with van der Waals surface area (Å²) in [6, 6.07) is 5.05. The van der Waals surface area contributed by atoms with E-state index in [2.05, 4.69) is 12.2 Å². The van der Waals surface area contributed by atoms with Crippen LogP contribution in [0.4, 0.5) is 0 Å². The molecular formula is C15H21NO2. The second-order valence-electron chi connectivity index (χ2n) is 5.70. The Balaban J connectivity index is 1.97. The van der Waals surface area contributed by atoms with Crippen molar-refractivity contribution < 1.29 is 9.90 Å². The van der Waals surface area contributed by atoms with Crippen LogP contribution in [0.2, 0.25) is 0 Å². The van der Waals surface area contributed by atoms with E-state index in [1.165, 1.54) is 31.7 Å². The van der Waals surface area contributed by atoms with Crippen molar-refractivity contribution in [2.75, 3.05) is 6.54 Å². The van der Waals surface area contributed by atoms with Gasteiger partial charge in [-0.3, -0.25) is 4.79 Å². The Morgan fingerprint density at radius 3 is 2.67 bits per heavy atom. The number of nitrogens with one attached hydrogen (secondary N) is 1. The first kappa shape index (κ1) is 12.9. The Morgan fingerprint density at radius 1 is 1.39 bits per heavy atom. The average molecular weight is 247 g/mol. The van der Waals surface area contributed by atoms with Gasteiger partial charge < -0.3 is 10.4 Å². The number of aromatic hydroxyl groups is 1. The third-order valence-corrected chi connectivity index (χ3v) is 3.96. The largest absolute Gasteiger partial charge is 0.508 e. The summed E-state index contributed by atoms with van der Waals surface area (Å²) in [5.74, 6) is 0.0770. The number of amides is 1. The van der Waals surface area contributed by atoms with Crippen molar-refractivity contribution in [1.29, 1.82) is 0 Å². The molecule has 1 fully saturated rings. The zero-order valence-electron chi connectivity index (χ0n) is 11.1. The third kappa shape index (κ3) is 2.84. The van der Waals surface area contributed by atoms with E-state index in [9.17, 15) is 9.90 Å². The fourth-order valence-electron chi connectivity index (χ4n) is 2.55. The van der Waals surface area contributed by atoms with Crippen LogP contribution in [0.3, 0.4) is 0 Å². The molecule has 2 rings (SSSR count). The molecule has 0 heterocycles. The summed E-state index contributed by atoms with van der Waals surface area (Å²) in [6.45, 7) is 4.77. The summed E-state index contributed by atoms with van der Waals surface area (Å²) in [7, 11) is 0. The summed E-state index contributed by atoms with van der Waals surface area (Å²) in [4.78, 5) is 12.0. The van der Waals surface area contributed by atoms with Gasteiger partial charge in [0.1, 0.15) is 5.75 Å². The van der Waals surface area contributed by atoms with Crippen LogP contribution in [-0.2, 0) is 0 Å². The fraction of sp³-hybridized carbons (Fsp3) is 0.533. The number of rotatable bonds is 3. The van der Waals surface area contributed by atoms with Crippen molar-refractivity contribution in [1.82, 2.24) is 5.32 Å². The van der Waals surface area contributed by atoms with Crippen LogP contribution < -0.4 is 5.32 Å². The smallest absolute Gasteiger partial charge is 0.251 e. The monoisotopic (exact) mass is 247 g/mol. The van der Waals surface area contributed by atoms with Gasteiger partial charge in [0.2, 0.25) is 0 Å². The van der Waals surface area contributed by atoms with Crippen LogP contribution in [0.5, 0.6) is 5.75 Å². The molecule has 3 heteroatoms. The Morgan fingerprint density at radius 2 is 2.06 bits per heavy atom. The van der Waals surface area contributed by atoms with E-state index < -0.39 is 0 Å². The van der Waals surface area contributed by atoms with Crippen molar-refractivity contribution in [3.05, 3.63) is 29.3 Å². The molecule has 1 aliphatic carbocycles. The fourth-order valence-corrected chi connectivity index (χ4v) is 2.55. The Kier molecular flexibility index (Phi) is 3.60. The number of carbonyl (C=O) groups excluding carboxylic acids is 1. The van der Waals surface area contributed by atoms with Gasteiger partial charge in [0, 0.05) is 12.1 Å². The number of phenolic OH excluding ortho intramolecular Hbond substituents is 1. The van der Waals surface area contributed by atoms with Crippen molar-refractivity contribution >= 4 is 5.91 Å². The zero-order valence-corrected chi connectivity index (χ0v) is 11.1. The maximum Gasteiger partial charge on any atom is 0.251 e. The van der Waals surface area contributed by atoms with Gasteiger partial charge in [-0.2, -0.15) is 0 Å². The molecule has 98 valence electrons. The van der Waals surface area contributed by atoms with Crippen LogP contribution in [0.25, 0.3) is 0 Å². The van der Waals surface area contributed by atoms with Gasteiger partial charge in [-0.1, -0.05) is 25.8 Å². The molecule has 0 saturated heterocycles. The van der Waals surface area contributed by atoms with E-state index in [0.717, 1.165) is 12.1 Å². The van der Waals surface area contributed by atoms with Gasteiger partial charge in [0.05, 0.1) is 0 Å². The van der Waals surface area contributed by atoms with Crippen LogP contribution in [0.1, 0.15) is 48.5 Å². The zero-order chi connectivity index (χ0) is 13.2. The van der Waals surface area contributed by atoms with E-state index in [1.807, 2.05) is 6.92 Å². The molecule has 0 aliphatic heterocycles. The van der Waals surface area contributed by atoms with Gasteiger partial charge in [-0.25, -0.2) is 0 Å². The van der Waals surface area contributed by atoms with Gasteiger partial charge in [0.15, 0.2) is 0 Å². The Hall–Kier alpha value is -1.51. The number of benzene rings is 1. The summed E-state index contributed by atoms with van der Waals surface area (Å²) >= 11 is 0. The highest BCUT2D eigenvalue weighted by atomic mass is 16.3. The molecule has 1 aliphatic rings. The van der Waals surface area contributed by atoms with E-state index in [4.69, 9.17) is 0 Å². The highest BCUT2D eigenvalue weighted by Crippen LogP contribution is 2.36. The highest BCUT2D eigenvalue weighted by Gasteiger charge is 2.28. The number of hydrogen-bond donors (Lipinski definition) is 2. The highest BCUT2D eigenvalue weighted by molar-refractivity contribution is 5.94. The summed E-state index contributed by atoms with van der Waals surface area (Å²) in [6.07, 6.45) is 4.90. The molecule has 1 aromatic carbocycles. The lowest BCUT2D eigenvalue weighted by molar-refractivity contribution is 0.0934. The van der Waals surface area contributed by atoms with E-state index >= 15 is 0 Å². The second-order valence-corrected chi connectivity index (χ2v) is 5.70. The van der Waals surface area contributed by atoms with Crippen LogP contribution in [0.15, 0.2) is 18.2 Å². The first-order valence-electron chi connectivity index (χ1n) is 6.58. The van der Waals surface area contributed by atoms with Crippen LogP contribution in [-0.4, -0.2) is 17.6 Å². The van der Waals surface area contributed by atoms with Crippen LogP contribution >= 0.6 is 0 Å². The minimum Gasteiger partial charge on any atom is -0.508 e. The molecule has 0 bridgehead atoms. The molecule has 0 unspecified atom stereocenters. The van der Waals surface area contributed by atoms with Gasteiger partial charge in [0.25, 0.3) is 5.91 Å². The average Bonchev–Trinajstić information content (AvgIpc) is 2.77. The van der Waals surface area contributed by atoms with Gasteiger partial charge in [-0.05, 0) is 42.9 Å². The first-order valence-corrected chi connectivity index (χ1v) is 6.58. The summed E-state index contributed by atoms with van der Waals surface area (Å²) < 4.78 is 0. The number of phenols is 1. The lowest BCUT2D eigenvalue weighted by Gasteiger charge is -2.23. The van der Waals surface area contributed by atoms with Crippen LogP contribution in [0, 0.1) is 12.3 Å². The predicted octanol–water partition coefficient (Wildman–Crippen LogP) is 3.01. The molecule has 1 amide bonds. The van der Waals surface area contributed by atoms with Gasteiger partial charge >= 0.3 is 0 Å². The maximum atomic E-state index is 12.0. The number of carbonyl (C=O) groups is 1. The predicted molar refractivity (Wildman–Crippen MR) is 71.8 cm³/mol. The molecule has 0 atom stereocenters. The quantitative estimate of drug-likeness (QED) is 0.862. The Labute approximate surface area is 108 Å². The molecule has 0 aromatic heterocycles. The summed E-state index contributed by atoms with van der Waals surface area (Å²) in [5.41, 5.74) is 1.57. The van der Waals surface area contributed by atoms with Crippen molar-refractivity contribution in [2.24, 2.45) is 5.41 Å². The molecule has 0 spiro atoms. The van der Waals surface area contributed by atoms with Crippen molar-refractivity contribution in [2.45, 2.75) is 39.5 Å². The third-order valence-electron chi connectivity index (χ3n) is 3.96. The Bertz CT molecular complexity index is 448. The molecule has 3 nitrogen and oxygen atoms in total. The molecule has 1 saturated carbocycles. The molecular weight excluding hydrogens is 226 g/mol. The first-order chi connectivity index (χ1) is 8.50. The molecule has 0 radical (unpaired) electrons. The van der Waals surface area contributed by atoms with Crippen molar-refractivity contribution in [3.63, 3.8) is 0 Å². The maximum absolute atomic E-state index is 12.0. The minimum absolute atomic E-state index is 0.0987. The van der Waals surface area contributed by atoms with E-state index in [1.54, 1.807) is 12.1 Å². The number of hydrogen-bond acceptors (Lipinski definition) is 2. The second kappa shape index (κ2) is 5.01. The molecule has 18 heavy (non-hydrogen) atoms. The van der Waals surface area contributed by atoms with Crippen molar-refractivity contribution in [3.8, 4) is 5.75 Å². The lowest BCUT2D eigenvalue weighted by Crippen LogP contribution is -2.34. The molecule has 2 N–H and O–H groups in total. The summed E-state index contributed by atoms with van der Waals surface area (Å²) in [5, 5.41) is 12.6. The lowest BCUT2D eigenvalue weighted by atomic mass is 9.89. The number of aryl methyl sites for hydroxylation is 1. The standard InChI is InChI=1S/C15H21NO2/c1-11-5-6-12(9-13(11)17)14(18)16-10-15(2)7-3-4-8-15/h5-6,9,17H,3-4,7-8,10H2,1-2H3,(H,16,18).